The molecule has 146 valence electrons. The summed E-state index contributed by atoms with van der Waals surface area (Å²) in [5.74, 6) is 3.57. The van der Waals surface area contributed by atoms with Crippen molar-refractivity contribution in [2.45, 2.75) is 45.2 Å². The van der Waals surface area contributed by atoms with Gasteiger partial charge in [-0.1, -0.05) is 24.6 Å². The second-order valence-corrected chi connectivity index (χ2v) is 6.97. The molecule has 2 N–H and O–H groups in total. The molecule has 0 radical (unpaired) electrons. The molecule has 1 aromatic carbocycles. The van der Waals surface area contributed by atoms with Crippen LogP contribution in [-0.2, 0) is 25.8 Å². The Labute approximate surface area is 165 Å². The molecule has 0 bridgehead atoms. The van der Waals surface area contributed by atoms with E-state index in [4.69, 9.17) is 16.3 Å². The molecule has 1 aromatic heterocycles. The second kappa shape index (κ2) is 9.08. The van der Waals surface area contributed by atoms with Crippen LogP contribution in [0.4, 0.5) is 0 Å². The molecule has 8 heteroatoms. The van der Waals surface area contributed by atoms with Gasteiger partial charge in [0.2, 0.25) is 0 Å². The van der Waals surface area contributed by atoms with Gasteiger partial charge in [0.1, 0.15) is 11.6 Å². The molecule has 1 atom stereocenters. The van der Waals surface area contributed by atoms with E-state index < -0.39 is 0 Å². The van der Waals surface area contributed by atoms with Crippen molar-refractivity contribution in [2.75, 3.05) is 20.7 Å². The van der Waals surface area contributed by atoms with Gasteiger partial charge < -0.3 is 15.4 Å². The third-order valence-corrected chi connectivity index (χ3v) is 5.08. The zero-order valence-electron chi connectivity index (χ0n) is 16.1. The molecule has 7 nitrogen and oxygen atoms in total. The van der Waals surface area contributed by atoms with E-state index in [0.717, 1.165) is 72.7 Å². The average molecular weight is 391 g/mol. The maximum atomic E-state index is 6.31. The zero-order valence-corrected chi connectivity index (χ0v) is 16.9. The molecule has 0 spiro atoms. The van der Waals surface area contributed by atoms with Gasteiger partial charge in [0.05, 0.1) is 13.7 Å². The van der Waals surface area contributed by atoms with Crippen LogP contribution in [0, 0.1) is 0 Å². The Morgan fingerprint density at radius 3 is 3.00 bits per heavy atom. The van der Waals surface area contributed by atoms with Crippen LogP contribution in [0.3, 0.4) is 0 Å². The standard InChI is InChI=1S/C19H27ClN6O/c1-4-17-24-18-8-6-14(12-26(18)25-17)23-19(21-2)22-10-9-13-5-7-15(27-3)11-16(13)20/h5,7,11,14H,4,6,8-10,12H2,1-3H3,(H2,21,22,23). The topological polar surface area (TPSA) is 76.4 Å². The molecule has 1 unspecified atom stereocenters. The lowest BCUT2D eigenvalue weighted by Crippen LogP contribution is -2.47. The summed E-state index contributed by atoms with van der Waals surface area (Å²) in [5.41, 5.74) is 1.08. The SMILES string of the molecule is CCc1nc2n(n1)CC(NC(=NC)NCCc1ccc(OC)cc1Cl)CC2. The van der Waals surface area contributed by atoms with E-state index in [9.17, 15) is 0 Å². The number of rotatable bonds is 6. The Kier molecular flexibility index (Phi) is 6.55. The van der Waals surface area contributed by atoms with Gasteiger partial charge in [-0.05, 0) is 30.5 Å². The number of aryl methyl sites for hydroxylation is 2. The molecule has 2 aromatic rings. The third kappa shape index (κ3) is 4.91. The number of methoxy groups -OCH3 is 1. The second-order valence-electron chi connectivity index (χ2n) is 6.57. The Bertz CT molecular complexity index is 803. The number of nitrogens with one attached hydrogen (secondary N) is 2. The smallest absolute Gasteiger partial charge is 0.191 e. The van der Waals surface area contributed by atoms with E-state index in [2.05, 4.69) is 32.6 Å². The van der Waals surface area contributed by atoms with Gasteiger partial charge in [-0.3, -0.25) is 4.99 Å². The number of hydrogen-bond donors (Lipinski definition) is 2. The summed E-state index contributed by atoms with van der Waals surface area (Å²) in [6, 6.07) is 6.06. The molecule has 2 heterocycles. The van der Waals surface area contributed by atoms with Crippen molar-refractivity contribution in [2.24, 2.45) is 4.99 Å². The lowest BCUT2D eigenvalue weighted by atomic mass is 10.1. The van der Waals surface area contributed by atoms with Crippen molar-refractivity contribution < 1.29 is 4.74 Å². The van der Waals surface area contributed by atoms with E-state index in [0.29, 0.717) is 6.04 Å². The summed E-state index contributed by atoms with van der Waals surface area (Å²) < 4.78 is 7.21. The minimum Gasteiger partial charge on any atom is -0.497 e. The van der Waals surface area contributed by atoms with Gasteiger partial charge in [0, 0.05) is 37.5 Å². The van der Waals surface area contributed by atoms with Crippen molar-refractivity contribution in [1.29, 1.82) is 0 Å². The van der Waals surface area contributed by atoms with Gasteiger partial charge in [-0.25, -0.2) is 9.67 Å². The molecule has 0 amide bonds. The lowest BCUT2D eigenvalue weighted by molar-refractivity contribution is 0.392. The fraction of sp³-hybridized carbons (Fsp3) is 0.526. The number of aliphatic imine (C=N–C) groups is 1. The Balaban J connectivity index is 1.50. The first-order valence-electron chi connectivity index (χ1n) is 9.35. The Hall–Kier alpha value is -2.28. The van der Waals surface area contributed by atoms with Crippen LogP contribution in [0.1, 0.15) is 30.6 Å². The Morgan fingerprint density at radius 2 is 2.30 bits per heavy atom. The molecule has 0 saturated heterocycles. The van der Waals surface area contributed by atoms with E-state index in [1.165, 1.54) is 0 Å². The molecule has 27 heavy (non-hydrogen) atoms. The fourth-order valence-corrected chi connectivity index (χ4v) is 3.45. The van der Waals surface area contributed by atoms with Crippen molar-refractivity contribution in [3.63, 3.8) is 0 Å². The first-order chi connectivity index (χ1) is 13.1. The fourth-order valence-electron chi connectivity index (χ4n) is 3.19. The lowest BCUT2D eigenvalue weighted by Gasteiger charge is -2.25. The summed E-state index contributed by atoms with van der Waals surface area (Å²) >= 11 is 6.31. The van der Waals surface area contributed by atoms with Gasteiger partial charge in [0.25, 0.3) is 0 Å². The molecule has 1 aliphatic heterocycles. The minimum absolute atomic E-state index is 0.291. The van der Waals surface area contributed by atoms with Gasteiger partial charge in [0.15, 0.2) is 11.8 Å². The third-order valence-electron chi connectivity index (χ3n) is 4.73. The van der Waals surface area contributed by atoms with Crippen LogP contribution in [0.25, 0.3) is 0 Å². The van der Waals surface area contributed by atoms with Gasteiger partial charge in [-0.2, -0.15) is 5.10 Å². The number of nitrogens with zero attached hydrogens (tertiary/aromatic N) is 4. The van der Waals surface area contributed by atoms with Crippen LogP contribution in [0.15, 0.2) is 23.2 Å². The van der Waals surface area contributed by atoms with Crippen LogP contribution < -0.4 is 15.4 Å². The van der Waals surface area contributed by atoms with Crippen LogP contribution in [0.2, 0.25) is 5.02 Å². The van der Waals surface area contributed by atoms with Crippen LogP contribution >= 0.6 is 11.6 Å². The minimum atomic E-state index is 0.291. The normalized spacial score (nSPS) is 16.7. The molecule has 0 fully saturated rings. The first kappa shape index (κ1) is 19.5. The number of benzene rings is 1. The summed E-state index contributed by atoms with van der Waals surface area (Å²) in [6.45, 7) is 3.64. The highest BCUT2D eigenvalue weighted by molar-refractivity contribution is 6.31. The molecule has 0 saturated carbocycles. The quantitative estimate of drug-likeness (QED) is 0.584. The van der Waals surface area contributed by atoms with Crippen molar-refractivity contribution in [3.8, 4) is 5.75 Å². The van der Waals surface area contributed by atoms with E-state index in [1.807, 2.05) is 22.9 Å². The van der Waals surface area contributed by atoms with Crippen molar-refractivity contribution in [3.05, 3.63) is 40.4 Å². The van der Waals surface area contributed by atoms with Crippen molar-refractivity contribution >= 4 is 17.6 Å². The summed E-state index contributed by atoms with van der Waals surface area (Å²) in [5, 5.41) is 12.1. The number of aromatic nitrogens is 3. The summed E-state index contributed by atoms with van der Waals surface area (Å²) in [4.78, 5) is 8.90. The number of halogens is 1. The van der Waals surface area contributed by atoms with Gasteiger partial charge in [-0.15, -0.1) is 0 Å². The average Bonchev–Trinajstić information content (AvgIpc) is 3.10. The van der Waals surface area contributed by atoms with E-state index in [-0.39, 0.29) is 0 Å². The number of ether oxygens (including phenoxy) is 1. The predicted octanol–water partition coefficient (Wildman–Crippen LogP) is 2.23. The van der Waals surface area contributed by atoms with E-state index >= 15 is 0 Å². The predicted molar refractivity (Wildman–Crippen MR) is 108 cm³/mol. The number of guanidine groups is 1. The highest BCUT2D eigenvalue weighted by atomic mass is 35.5. The first-order valence-corrected chi connectivity index (χ1v) is 9.73. The number of fused-ring (bicyclic) bond motifs is 1. The van der Waals surface area contributed by atoms with E-state index in [1.54, 1.807) is 14.2 Å². The largest absolute Gasteiger partial charge is 0.497 e. The highest BCUT2D eigenvalue weighted by Crippen LogP contribution is 2.22. The summed E-state index contributed by atoms with van der Waals surface area (Å²) in [7, 11) is 3.42. The highest BCUT2D eigenvalue weighted by Gasteiger charge is 2.22. The summed E-state index contributed by atoms with van der Waals surface area (Å²) in [6.07, 6.45) is 3.63. The maximum absolute atomic E-state index is 6.31. The Morgan fingerprint density at radius 1 is 1.44 bits per heavy atom. The van der Waals surface area contributed by atoms with Crippen LogP contribution in [0.5, 0.6) is 5.75 Å². The number of hydrogen-bond acceptors (Lipinski definition) is 4. The maximum Gasteiger partial charge on any atom is 0.191 e. The molecule has 0 aliphatic carbocycles. The molecular weight excluding hydrogens is 364 g/mol. The monoisotopic (exact) mass is 390 g/mol. The van der Waals surface area contributed by atoms with Crippen molar-refractivity contribution in [1.82, 2.24) is 25.4 Å². The molecular formula is C19H27ClN6O. The molecule has 1 aliphatic rings. The van der Waals surface area contributed by atoms with Crippen LogP contribution in [-0.4, -0.2) is 47.5 Å². The zero-order chi connectivity index (χ0) is 19.2. The van der Waals surface area contributed by atoms with Gasteiger partial charge >= 0.3 is 0 Å². The molecule has 3 rings (SSSR count).